The second-order valence-corrected chi connectivity index (χ2v) is 5.59. The summed E-state index contributed by atoms with van der Waals surface area (Å²) in [6.45, 7) is 1.43. The molecule has 2 aromatic rings. The van der Waals surface area contributed by atoms with Gasteiger partial charge in [-0.2, -0.15) is 5.10 Å². The first-order valence-corrected chi connectivity index (χ1v) is 7.66. The van der Waals surface area contributed by atoms with Gasteiger partial charge < -0.3 is 14.4 Å². The van der Waals surface area contributed by atoms with Crippen molar-refractivity contribution in [2.24, 2.45) is 0 Å². The van der Waals surface area contributed by atoms with Crippen molar-refractivity contribution in [2.75, 3.05) is 24.7 Å². The van der Waals surface area contributed by atoms with E-state index >= 15 is 0 Å². The number of amides is 1. The van der Waals surface area contributed by atoms with E-state index in [9.17, 15) is 4.79 Å². The molecular formula is C17H17N3O3. The van der Waals surface area contributed by atoms with E-state index < -0.39 is 0 Å². The first-order valence-electron chi connectivity index (χ1n) is 7.66. The third-order valence-electron chi connectivity index (χ3n) is 4.14. The molecule has 0 N–H and O–H groups in total. The maximum Gasteiger partial charge on any atom is 0.296 e. The van der Waals surface area contributed by atoms with Gasteiger partial charge in [0.05, 0.1) is 6.04 Å². The molecule has 1 aromatic carbocycles. The van der Waals surface area contributed by atoms with Crippen LogP contribution in [-0.2, 0) is 20.7 Å². The minimum Gasteiger partial charge on any atom is -0.494 e. The van der Waals surface area contributed by atoms with Crippen LogP contribution in [0.4, 0.5) is 5.69 Å². The fourth-order valence-electron chi connectivity index (χ4n) is 3.05. The number of ether oxygens (including phenoxy) is 2. The third-order valence-corrected chi connectivity index (χ3v) is 4.14. The Kier molecular flexibility index (Phi) is 3.49. The molecule has 0 saturated carbocycles. The number of nitrogens with zero attached hydrogens (tertiary/aromatic N) is 3. The second kappa shape index (κ2) is 5.79. The standard InChI is InChI=1S/C17H17N3O3/c21-17(16-12-22-8-9-23-16)19-11-14(20-7-3-6-18-20)10-13-4-1-2-5-15(13)19/h1-7,12,14H,8-11H2. The van der Waals surface area contributed by atoms with Crippen molar-refractivity contribution in [1.82, 2.24) is 9.78 Å². The fraction of sp³-hybridized carbons (Fsp3) is 0.294. The van der Waals surface area contributed by atoms with E-state index in [2.05, 4.69) is 11.2 Å². The Balaban J connectivity index is 1.69. The van der Waals surface area contributed by atoms with Crippen LogP contribution in [0.25, 0.3) is 0 Å². The zero-order valence-electron chi connectivity index (χ0n) is 12.6. The SMILES string of the molecule is O=C(C1=COCCO1)N1CC(n2cccn2)Cc2ccccc21. The van der Waals surface area contributed by atoms with Gasteiger partial charge in [0.25, 0.3) is 5.91 Å². The highest BCUT2D eigenvalue weighted by Crippen LogP contribution is 2.32. The Morgan fingerprint density at radius 2 is 2.13 bits per heavy atom. The second-order valence-electron chi connectivity index (χ2n) is 5.59. The van der Waals surface area contributed by atoms with Crippen molar-refractivity contribution < 1.29 is 14.3 Å². The summed E-state index contributed by atoms with van der Waals surface area (Å²) in [7, 11) is 0. The van der Waals surface area contributed by atoms with Crippen LogP contribution in [0.3, 0.4) is 0 Å². The molecule has 0 radical (unpaired) electrons. The van der Waals surface area contributed by atoms with Gasteiger partial charge in [0, 0.05) is 24.6 Å². The molecular weight excluding hydrogens is 294 g/mol. The van der Waals surface area contributed by atoms with Crippen molar-refractivity contribution in [1.29, 1.82) is 0 Å². The summed E-state index contributed by atoms with van der Waals surface area (Å²) >= 11 is 0. The number of anilines is 1. The Labute approximate surface area is 133 Å². The van der Waals surface area contributed by atoms with Crippen LogP contribution in [0.15, 0.2) is 54.7 Å². The number of benzene rings is 1. The lowest BCUT2D eigenvalue weighted by atomic mass is 9.97. The van der Waals surface area contributed by atoms with E-state index in [1.165, 1.54) is 6.26 Å². The number of rotatable bonds is 2. The Hall–Kier alpha value is -2.76. The average Bonchev–Trinajstić information content (AvgIpc) is 3.15. The highest BCUT2D eigenvalue weighted by molar-refractivity contribution is 6.04. The molecule has 2 aliphatic rings. The van der Waals surface area contributed by atoms with Gasteiger partial charge in [0.1, 0.15) is 19.5 Å². The van der Waals surface area contributed by atoms with Gasteiger partial charge in [-0.1, -0.05) is 18.2 Å². The van der Waals surface area contributed by atoms with E-state index in [0.717, 1.165) is 17.7 Å². The van der Waals surface area contributed by atoms with E-state index in [0.29, 0.717) is 19.8 Å². The largest absolute Gasteiger partial charge is 0.494 e. The molecule has 0 fully saturated rings. The molecule has 118 valence electrons. The molecule has 3 heterocycles. The van der Waals surface area contributed by atoms with Crippen LogP contribution in [0.5, 0.6) is 0 Å². The summed E-state index contributed by atoms with van der Waals surface area (Å²) in [5.74, 6) is 0.0844. The van der Waals surface area contributed by atoms with Gasteiger partial charge in [0.15, 0.2) is 0 Å². The number of para-hydroxylation sites is 1. The predicted molar refractivity (Wildman–Crippen MR) is 83.8 cm³/mol. The number of hydrogen-bond acceptors (Lipinski definition) is 4. The summed E-state index contributed by atoms with van der Waals surface area (Å²) < 4.78 is 12.6. The molecule has 0 aliphatic carbocycles. The topological polar surface area (TPSA) is 56.6 Å². The van der Waals surface area contributed by atoms with Gasteiger partial charge in [-0.3, -0.25) is 9.48 Å². The predicted octanol–water partition coefficient (Wildman–Crippen LogP) is 1.90. The number of fused-ring (bicyclic) bond motifs is 1. The van der Waals surface area contributed by atoms with Crippen LogP contribution in [-0.4, -0.2) is 35.4 Å². The lowest BCUT2D eigenvalue weighted by Gasteiger charge is -2.35. The maximum atomic E-state index is 12.9. The van der Waals surface area contributed by atoms with Gasteiger partial charge >= 0.3 is 0 Å². The highest BCUT2D eigenvalue weighted by Gasteiger charge is 2.32. The van der Waals surface area contributed by atoms with Crippen molar-refractivity contribution in [3.8, 4) is 0 Å². The van der Waals surface area contributed by atoms with E-state index in [4.69, 9.17) is 9.47 Å². The van der Waals surface area contributed by atoms with Gasteiger partial charge in [-0.15, -0.1) is 0 Å². The molecule has 23 heavy (non-hydrogen) atoms. The third kappa shape index (κ3) is 2.56. The lowest BCUT2D eigenvalue weighted by molar-refractivity contribution is -0.120. The molecule has 1 aromatic heterocycles. The zero-order chi connectivity index (χ0) is 15.6. The molecule has 0 spiro atoms. The van der Waals surface area contributed by atoms with Gasteiger partial charge in [-0.05, 0) is 24.1 Å². The van der Waals surface area contributed by atoms with Crippen LogP contribution >= 0.6 is 0 Å². The van der Waals surface area contributed by atoms with Crippen LogP contribution in [0.2, 0.25) is 0 Å². The Bertz CT molecular complexity index is 739. The van der Waals surface area contributed by atoms with Gasteiger partial charge in [-0.25, -0.2) is 0 Å². The van der Waals surface area contributed by atoms with Crippen LogP contribution < -0.4 is 4.90 Å². The first-order chi connectivity index (χ1) is 11.3. The summed E-state index contributed by atoms with van der Waals surface area (Å²) in [4.78, 5) is 14.6. The smallest absolute Gasteiger partial charge is 0.296 e. The van der Waals surface area contributed by atoms with Crippen LogP contribution in [0, 0.1) is 0 Å². The molecule has 1 atom stereocenters. The van der Waals surface area contributed by atoms with E-state index in [-0.39, 0.29) is 17.7 Å². The molecule has 0 saturated heterocycles. The Morgan fingerprint density at radius 1 is 1.22 bits per heavy atom. The summed E-state index contributed by atoms with van der Waals surface area (Å²) in [5.41, 5.74) is 2.06. The van der Waals surface area contributed by atoms with Gasteiger partial charge in [0.2, 0.25) is 5.76 Å². The van der Waals surface area contributed by atoms with Crippen molar-refractivity contribution >= 4 is 11.6 Å². The quantitative estimate of drug-likeness (QED) is 0.850. The molecule has 1 amide bonds. The number of carbonyl (C=O) groups is 1. The van der Waals surface area contributed by atoms with Crippen molar-refractivity contribution in [2.45, 2.75) is 12.5 Å². The molecule has 1 unspecified atom stereocenters. The fourth-order valence-corrected chi connectivity index (χ4v) is 3.05. The summed E-state index contributed by atoms with van der Waals surface area (Å²) in [6, 6.07) is 9.96. The number of hydrogen-bond donors (Lipinski definition) is 0. The summed E-state index contributed by atoms with van der Waals surface area (Å²) in [6.07, 6.45) is 5.94. The molecule has 6 heteroatoms. The summed E-state index contributed by atoms with van der Waals surface area (Å²) in [5, 5.41) is 4.33. The minimum absolute atomic E-state index is 0.106. The minimum atomic E-state index is -0.172. The molecule has 4 rings (SSSR count). The Morgan fingerprint density at radius 3 is 2.91 bits per heavy atom. The number of carbonyl (C=O) groups excluding carboxylic acids is 1. The first kappa shape index (κ1) is 13.9. The monoisotopic (exact) mass is 311 g/mol. The zero-order valence-corrected chi connectivity index (χ0v) is 12.6. The average molecular weight is 311 g/mol. The highest BCUT2D eigenvalue weighted by atomic mass is 16.6. The normalized spacial score (nSPS) is 20.1. The van der Waals surface area contributed by atoms with Crippen molar-refractivity contribution in [3.05, 3.63) is 60.3 Å². The van der Waals surface area contributed by atoms with E-state index in [1.807, 2.05) is 35.1 Å². The number of aromatic nitrogens is 2. The molecule has 0 bridgehead atoms. The van der Waals surface area contributed by atoms with E-state index in [1.54, 1.807) is 11.1 Å². The lowest BCUT2D eigenvalue weighted by Crippen LogP contribution is -2.42. The molecule has 2 aliphatic heterocycles. The maximum absolute atomic E-state index is 12.9. The van der Waals surface area contributed by atoms with Crippen LogP contribution in [0.1, 0.15) is 11.6 Å². The molecule has 6 nitrogen and oxygen atoms in total. The van der Waals surface area contributed by atoms with Crippen molar-refractivity contribution in [3.63, 3.8) is 0 Å².